The van der Waals surface area contributed by atoms with Gasteiger partial charge in [-0.15, -0.1) is 0 Å². The largest absolute Gasteiger partial charge is 0.489 e. The van der Waals surface area contributed by atoms with Crippen LogP contribution in [0.5, 0.6) is 11.8 Å². The van der Waals surface area contributed by atoms with Gasteiger partial charge in [0.2, 0.25) is 0 Å². The maximum absolute atomic E-state index is 17.0. The molecule has 16 heteroatoms. The molecule has 3 aromatic heterocycles. The summed E-state index contributed by atoms with van der Waals surface area (Å²) in [5, 5.41) is -0.345. The first-order valence-electron chi connectivity index (χ1n) is 16.0. The van der Waals surface area contributed by atoms with Crippen molar-refractivity contribution in [1.29, 1.82) is 0 Å². The number of aryl methyl sites for hydroxylation is 1. The minimum absolute atomic E-state index is 0.0190. The third kappa shape index (κ3) is 5.91. The van der Waals surface area contributed by atoms with Crippen LogP contribution in [0.4, 0.5) is 35.0 Å². The van der Waals surface area contributed by atoms with Gasteiger partial charge in [0.1, 0.15) is 36.2 Å². The van der Waals surface area contributed by atoms with Gasteiger partial charge in [0.15, 0.2) is 11.6 Å². The highest BCUT2D eigenvalue weighted by molar-refractivity contribution is 6.36. The third-order valence-electron chi connectivity index (χ3n) is 9.56. The summed E-state index contributed by atoms with van der Waals surface area (Å²) in [6.45, 7) is 6.95. The molecular formula is C33H35ClF4N8O3. The fraction of sp³-hybridized carbons (Fsp3) is 0.455. The summed E-state index contributed by atoms with van der Waals surface area (Å²) in [6.07, 6.45) is -1.47. The van der Waals surface area contributed by atoms with E-state index in [0.29, 0.717) is 18.0 Å². The molecule has 0 spiro atoms. The number of anilines is 3. The zero-order valence-electron chi connectivity index (χ0n) is 27.0. The van der Waals surface area contributed by atoms with Gasteiger partial charge in [-0.25, -0.2) is 14.4 Å². The van der Waals surface area contributed by atoms with Gasteiger partial charge >= 0.3 is 12.2 Å². The number of hydrogen-bond acceptors (Lipinski definition) is 11. The van der Waals surface area contributed by atoms with Crippen LogP contribution < -0.4 is 25.8 Å². The molecule has 0 unspecified atom stereocenters. The average molecular weight is 703 g/mol. The molecule has 4 aromatic rings. The summed E-state index contributed by atoms with van der Waals surface area (Å²) in [7, 11) is 0. The van der Waals surface area contributed by atoms with Crippen molar-refractivity contribution in [3.63, 3.8) is 0 Å². The van der Waals surface area contributed by atoms with E-state index in [9.17, 15) is 13.2 Å². The van der Waals surface area contributed by atoms with Gasteiger partial charge in [0.25, 0.3) is 0 Å². The summed E-state index contributed by atoms with van der Waals surface area (Å²) >= 11 is 6.80. The molecule has 4 atom stereocenters. The number of alkyl halides is 3. The van der Waals surface area contributed by atoms with Crippen LogP contribution in [0.1, 0.15) is 49.4 Å². The molecule has 4 N–H and O–H groups in total. The van der Waals surface area contributed by atoms with Gasteiger partial charge in [0.05, 0.1) is 52.5 Å². The normalized spacial score (nSPS) is 21.7. The van der Waals surface area contributed by atoms with E-state index in [1.165, 1.54) is 6.92 Å². The van der Waals surface area contributed by atoms with E-state index in [-0.39, 0.29) is 77.8 Å². The predicted octanol–water partition coefficient (Wildman–Crippen LogP) is 5.96. The quantitative estimate of drug-likeness (QED) is 0.230. The van der Waals surface area contributed by atoms with Gasteiger partial charge in [0, 0.05) is 30.4 Å². The monoisotopic (exact) mass is 702 g/mol. The Morgan fingerprint density at radius 2 is 1.98 bits per heavy atom. The Balaban J connectivity index is 1.41. The average Bonchev–Trinajstić information content (AvgIpc) is 3.33. The van der Waals surface area contributed by atoms with E-state index in [1.54, 1.807) is 12.3 Å². The van der Waals surface area contributed by atoms with Gasteiger partial charge in [-0.2, -0.15) is 23.1 Å². The fourth-order valence-corrected chi connectivity index (χ4v) is 7.56. The molecule has 1 aromatic carbocycles. The second-order valence-electron chi connectivity index (χ2n) is 12.7. The Morgan fingerprint density at radius 1 is 1.18 bits per heavy atom. The summed E-state index contributed by atoms with van der Waals surface area (Å²) in [5.41, 5.74) is 9.65. The summed E-state index contributed by atoms with van der Waals surface area (Å²) < 4.78 is 78.5. The maximum atomic E-state index is 17.0. The van der Waals surface area contributed by atoms with Crippen molar-refractivity contribution in [2.75, 3.05) is 49.3 Å². The Bertz CT molecular complexity index is 1930. The van der Waals surface area contributed by atoms with Crippen molar-refractivity contribution in [3.05, 3.63) is 51.9 Å². The number of ether oxygens (including phenoxy) is 3. The Labute approximate surface area is 284 Å². The van der Waals surface area contributed by atoms with Gasteiger partial charge in [-0.3, -0.25) is 4.90 Å². The van der Waals surface area contributed by atoms with Crippen molar-refractivity contribution in [2.24, 2.45) is 0 Å². The highest BCUT2D eigenvalue weighted by Crippen LogP contribution is 2.51. The number of hydrogen-bond donors (Lipinski definition) is 2. The smallest absolute Gasteiger partial charge is 0.418 e. The fourth-order valence-electron chi connectivity index (χ4n) is 7.23. The van der Waals surface area contributed by atoms with Crippen LogP contribution in [-0.2, 0) is 10.9 Å². The van der Waals surface area contributed by atoms with Crippen LogP contribution in [0.2, 0.25) is 5.02 Å². The molecule has 0 saturated carbocycles. The molecule has 49 heavy (non-hydrogen) atoms. The zero-order valence-corrected chi connectivity index (χ0v) is 27.8. The third-order valence-corrected chi connectivity index (χ3v) is 9.92. The van der Waals surface area contributed by atoms with Crippen molar-refractivity contribution in [2.45, 2.75) is 64.0 Å². The van der Waals surface area contributed by atoms with E-state index < -0.39 is 39.9 Å². The zero-order chi connectivity index (χ0) is 34.8. The van der Waals surface area contributed by atoms with Crippen molar-refractivity contribution >= 4 is 40.0 Å². The van der Waals surface area contributed by atoms with Crippen LogP contribution in [0.25, 0.3) is 22.2 Å². The molecule has 0 aliphatic carbocycles. The van der Waals surface area contributed by atoms with Gasteiger partial charge < -0.3 is 30.6 Å². The molecule has 0 bridgehead atoms. The molecule has 0 amide bonds. The maximum Gasteiger partial charge on any atom is 0.418 e. The Morgan fingerprint density at radius 3 is 2.73 bits per heavy atom. The lowest BCUT2D eigenvalue weighted by Crippen LogP contribution is -2.49. The summed E-state index contributed by atoms with van der Waals surface area (Å²) in [6, 6.07) is 4.34. The lowest BCUT2D eigenvalue weighted by atomic mass is 9.98. The molecule has 260 valence electrons. The number of nitrogens with two attached hydrogens (primary N) is 2. The lowest BCUT2D eigenvalue weighted by molar-refractivity contribution is -0.137. The highest BCUT2D eigenvalue weighted by Gasteiger charge is 2.41. The number of pyridine rings is 2. The van der Waals surface area contributed by atoms with Crippen molar-refractivity contribution in [1.82, 2.24) is 24.8 Å². The number of halogens is 5. The second-order valence-corrected chi connectivity index (χ2v) is 13.1. The van der Waals surface area contributed by atoms with Gasteiger partial charge in [-0.05, 0) is 51.3 Å². The van der Waals surface area contributed by atoms with E-state index >= 15 is 4.39 Å². The SMILES string of the molecule is Cc1cc(N)nc(-c2c(Cl)c3c4c(nc(OC[C@@H]5CC[C@H]6CO[C@H](C)CN56)nc4c2F)N([C@H](C)c2cccnc2N)CCO3)c1C(F)(F)F. The van der Waals surface area contributed by atoms with E-state index in [4.69, 9.17) is 42.3 Å². The van der Waals surface area contributed by atoms with Crippen LogP contribution in [0, 0.1) is 12.7 Å². The van der Waals surface area contributed by atoms with Gasteiger partial charge in [-0.1, -0.05) is 17.7 Å². The molecule has 3 aliphatic rings. The van der Waals surface area contributed by atoms with Crippen molar-refractivity contribution in [3.8, 4) is 23.0 Å². The van der Waals surface area contributed by atoms with E-state index in [2.05, 4.69) is 19.9 Å². The molecular weight excluding hydrogens is 668 g/mol. The number of morpholine rings is 1. The topological polar surface area (TPSA) is 138 Å². The Hall–Kier alpha value is -4.21. The summed E-state index contributed by atoms with van der Waals surface area (Å²) in [5.74, 6) is -0.967. The number of rotatable bonds is 6. The second kappa shape index (κ2) is 12.6. The molecule has 3 aliphatic heterocycles. The number of benzene rings is 1. The minimum atomic E-state index is -4.91. The summed E-state index contributed by atoms with van der Waals surface area (Å²) in [4.78, 5) is 21.6. The van der Waals surface area contributed by atoms with E-state index in [0.717, 1.165) is 25.5 Å². The van der Waals surface area contributed by atoms with E-state index in [1.807, 2.05) is 24.8 Å². The molecule has 7 rings (SSSR count). The molecule has 0 radical (unpaired) electrons. The van der Waals surface area contributed by atoms with Crippen LogP contribution in [0.3, 0.4) is 0 Å². The van der Waals surface area contributed by atoms with Crippen molar-refractivity contribution < 1.29 is 31.8 Å². The predicted molar refractivity (Wildman–Crippen MR) is 176 cm³/mol. The van der Waals surface area contributed by atoms with Crippen LogP contribution >= 0.6 is 11.6 Å². The number of aromatic nitrogens is 4. The van der Waals surface area contributed by atoms with Crippen LogP contribution in [0.15, 0.2) is 24.4 Å². The molecule has 2 fully saturated rings. The Kier molecular flexibility index (Phi) is 8.56. The number of fused-ring (bicyclic) bond motifs is 1. The molecule has 2 saturated heterocycles. The van der Waals surface area contributed by atoms with Crippen LogP contribution in [-0.4, -0.2) is 75.9 Å². The first-order chi connectivity index (χ1) is 23.3. The first kappa shape index (κ1) is 33.3. The first-order valence-corrected chi connectivity index (χ1v) is 16.4. The standard InChI is InChI=1S/C33H35ClF4N8O3/c1-15-11-21(39)42-27(24(15)33(36,37)38)22-25(34)29-23-28(26(22)35)43-32(49-14-19-7-6-18-13-48-16(2)12-46(18)19)44-31(23)45(9-10-47-29)17(3)20-5-4-8-41-30(20)40/h4-5,8,11,16-19H,6-7,9-10,12-14H2,1-3H3,(H2,39,42)(H2,40,41)/t16-,17-,18+,19+/m1/s1. The lowest BCUT2D eigenvalue weighted by Gasteiger charge is -2.37. The highest BCUT2D eigenvalue weighted by atomic mass is 35.5. The minimum Gasteiger partial charge on any atom is -0.489 e. The molecule has 6 heterocycles. The number of nitrogens with zero attached hydrogens (tertiary/aromatic N) is 6. The molecule has 11 nitrogen and oxygen atoms in total. The number of nitrogen functional groups attached to an aromatic ring is 2.